The van der Waals surface area contributed by atoms with Gasteiger partial charge >= 0.3 is 0 Å². The van der Waals surface area contributed by atoms with E-state index in [-0.39, 0.29) is 10.7 Å². The van der Waals surface area contributed by atoms with Gasteiger partial charge in [0.15, 0.2) is 0 Å². The third-order valence-electron chi connectivity index (χ3n) is 2.27. The Morgan fingerprint density at radius 3 is 2.39 bits per heavy atom. The maximum Gasteiger partial charge on any atom is 0.107 e. The molecular formula is C15H20O2S. The Morgan fingerprint density at radius 1 is 1.28 bits per heavy atom. The number of methoxy groups -OCH3 is 1. The fourth-order valence-electron chi connectivity index (χ4n) is 1.38. The Morgan fingerprint density at radius 2 is 1.89 bits per heavy atom. The fraction of sp³-hybridized carbons (Fsp3) is 0.467. The summed E-state index contributed by atoms with van der Waals surface area (Å²) in [6.07, 6.45) is 0. The summed E-state index contributed by atoms with van der Waals surface area (Å²) in [7, 11) is 0.374. The maximum atomic E-state index is 12.2. The summed E-state index contributed by atoms with van der Waals surface area (Å²) in [5.41, 5.74) is 0.866. The van der Waals surface area contributed by atoms with E-state index in [1.54, 1.807) is 7.11 Å². The van der Waals surface area contributed by atoms with Crippen LogP contribution in [0.15, 0.2) is 30.3 Å². The largest absolute Gasteiger partial charge is 0.383 e. The van der Waals surface area contributed by atoms with Crippen LogP contribution >= 0.6 is 0 Å². The van der Waals surface area contributed by atoms with Gasteiger partial charge in [-0.1, -0.05) is 36.3 Å². The number of hydrogen-bond donors (Lipinski definition) is 0. The van der Waals surface area contributed by atoms with E-state index >= 15 is 0 Å². The number of rotatable bonds is 4. The van der Waals surface area contributed by atoms with Gasteiger partial charge in [0.25, 0.3) is 0 Å². The van der Waals surface area contributed by atoms with Crippen molar-refractivity contribution in [3.05, 3.63) is 35.9 Å². The first-order chi connectivity index (χ1) is 8.44. The molecule has 2 nitrogen and oxygen atoms in total. The zero-order valence-electron chi connectivity index (χ0n) is 11.4. The quantitative estimate of drug-likeness (QED) is 0.781. The summed E-state index contributed by atoms with van der Waals surface area (Å²) in [6, 6.07) is 9.73. The molecule has 0 amide bonds. The highest BCUT2D eigenvalue weighted by Gasteiger charge is 2.17. The first kappa shape index (κ1) is 14.9. The second-order valence-electron chi connectivity index (χ2n) is 5.13. The Bertz CT molecular complexity index is 449. The van der Waals surface area contributed by atoms with Gasteiger partial charge in [-0.15, -0.1) is 0 Å². The fourth-order valence-corrected chi connectivity index (χ4v) is 2.59. The van der Waals surface area contributed by atoms with Gasteiger partial charge in [-0.3, -0.25) is 0 Å². The third kappa shape index (κ3) is 5.03. The molecule has 0 aliphatic heterocycles. The van der Waals surface area contributed by atoms with E-state index in [0.717, 1.165) is 5.56 Å². The predicted molar refractivity (Wildman–Crippen MR) is 76.4 cm³/mol. The Kier molecular flexibility index (Phi) is 5.58. The predicted octanol–water partition coefficient (Wildman–Crippen LogP) is 3.13. The molecule has 0 N–H and O–H groups in total. The number of benzene rings is 1. The van der Waals surface area contributed by atoms with Crippen molar-refractivity contribution in [2.45, 2.75) is 26.0 Å². The van der Waals surface area contributed by atoms with Crippen molar-refractivity contribution in [2.75, 3.05) is 13.7 Å². The van der Waals surface area contributed by atoms with Crippen LogP contribution in [0.25, 0.3) is 0 Å². The molecule has 1 aromatic rings. The standard InChI is InChI=1S/C15H20O2S/c1-15(2,3)10-11-18(16)14(12-17-4)13-8-6-5-7-9-13/h5-9,14H,12H2,1-4H3/t14-,18?/m1/s1. The lowest BCUT2D eigenvalue weighted by atomic mass is 9.99. The van der Waals surface area contributed by atoms with E-state index in [0.29, 0.717) is 6.61 Å². The molecule has 0 aromatic heterocycles. The van der Waals surface area contributed by atoms with Crippen LogP contribution in [0.1, 0.15) is 31.6 Å². The van der Waals surface area contributed by atoms with Gasteiger partial charge in [0, 0.05) is 12.5 Å². The second-order valence-corrected chi connectivity index (χ2v) is 6.50. The topological polar surface area (TPSA) is 26.3 Å². The first-order valence-corrected chi connectivity index (χ1v) is 7.12. The molecule has 0 bridgehead atoms. The van der Waals surface area contributed by atoms with Gasteiger partial charge < -0.3 is 4.74 Å². The molecule has 0 heterocycles. The van der Waals surface area contributed by atoms with Crippen molar-refractivity contribution < 1.29 is 8.95 Å². The number of hydrogen-bond acceptors (Lipinski definition) is 2. The lowest BCUT2D eigenvalue weighted by molar-refractivity contribution is 0.199. The van der Waals surface area contributed by atoms with E-state index < -0.39 is 10.8 Å². The van der Waals surface area contributed by atoms with E-state index in [9.17, 15) is 4.21 Å². The highest BCUT2D eigenvalue weighted by molar-refractivity contribution is 7.90. The van der Waals surface area contributed by atoms with E-state index in [2.05, 4.69) is 11.2 Å². The molecular weight excluding hydrogens is 244 g/mol. The van der Waals surface area contributed by atoms with Crippen LogP contribution in [0.5, 0.6) is 0 Å². The Labute approximate surface area is 112 Å². The summed E-state index contributed by atoms with van der Waals surface area (Å²) in [6.45, 7) is 6.43. The summed E-state index contributed by atoms with van der Waals surface area (Å²) in [4.78, 5) is 0. The van der Waals surface area contributed by atoms with Gasteiger partial charge in [0.2, 0.25) is 0 Å². The van der Waals surface area contributed by atoms with Crippen LogP contribution in [-0.2, 0) is 15.5 Å². The molecule has 3 heteroatoms. The average molecular weight is 264 g/mol. The van der Waals surface area contributed by atoms with Crippen LogP contribution in [0.3, 0.4) is 0 Å². The van der Waals surface area contributed by atoms with E-state index in [4.69, 9.17) is 4.74 Å². The van der Waals surface area contributed by atoms with Crippen LogP contribution in [-0.4, -0.2) is 17.9 Å². The minimum absolute atomic E-state index is 0.135. The first-order valence-electron chi connectivity index (χ1n) is 5.91. The summed E-state index contributed by atoms with van der Waals surface area (Å²) in [5, 5.41) is 2.66. The Hall–Kier alpha value is -1.11. The van der Waals surface area contributed by atoms with Crippen LogP contribution in [0.2, 0.25) is 0 Å². The van der Waals surface area contributed by atoms with Gasteiger partial charge in [-0.2, -0.15) is 0 Å². The summed E-state index contributed by atoms with van der Waals surface area (Å²) in [5.74, 6) is 3.02. The van der Waals surface area contributed by atoms with Crippen molar-refractivity contribution in [3.63, 3.8) is 0 Å². The zero-order valence-corrected chi connectivity index (χ0v) is 12.2. The highest BCUT2D eigenvalue weighted by atomic mass is 32.2. The van der Waals surface area contributed by atoms with Crippen LogP contribution < -0.4 is 0 Å². The molecule has 2 atom stereocenters. The van der Waals surface area contributed by atoms with Gasteiger partial charge in [-0.25, -0.2) is 4.21 Å². The van der Waals surface area contributed by atoms with Gasteiger partial charge in [0.1, 0.15) is 10.8 Å². The Balaban J connectivity index is 2.92. The van der Waals surface area contributed by atoms with Crippen molar-refractivity contribution in [1.29, 1.82) is 0 Å². The molecule has 0 fully saturated rings. The third-order valence-corrected chi connectivity index (χ3v) is 3.50. The molecule has 0 spiro atoms. The molecule has 0 aliphatic rings. The van der Waals surface area contributed by atoms with Crippen molar-refractivity contribution in [3.8, 4) is 11.2 Å². The second kappa shape index (κ2) is 6.72. The van der Waals surface area contributed by atoms with E-state index in [1.165, 1.54) is 0 Å². The summed E-state index contributed by atoms with van der Waals surface area (Å²) < 4.78 is 17.4. The lowest BCUT2D eigenvalue weighted by Gasteiger charge is -2.13. The molecule has 1 unspecified atom stereocenters. The molecule has 0 radical (unpaired) electrons. The minimum Gasteiger partial charge on any atom is -0.383 e. The number of ether oxygens (including phenoxy) is 1. The summed E-state index contributed by atoms with van der Waals surface area (Å²) >= 11 is 0. The van der Waals surface area contributed by atoms with Gasteiger partial charge in [-0.05, 0) is 31.6 Å². The van der Waals surface area contributed by atoms with E-state index in [1.807, 2.05) is 51.1 Å². The van der Waals surface area contributed by atoms with Gasteiger partial charge in [0.05, 0.1) is 11.9 Å². The highest BCUT2D eigenvalue weighted by Crippen LogP contribution is 2.20. The minimum atomic E-state index is -1.24. The molecule has 0 saturated heterocycles. The van der Waals surface area contributed by atoms with Crippen LogP contribution in [0.4, 0.5) is 0 Å². The lowest BCUT2D eigenvalue weighted by Crippen LogP contribution is -2.12. The molecule has 1 rings (SSSR count). The van der Waals surface area contributed by atoms with Crippen molar-refractivity contribution in [1.82, 2.24) is 0 Å². The molecule has 0 aliphatic carbocycles. The molecule has 1 aromatic carbocycles. The zero-order chi connectivity index (χ0) is 13.6. The van der Waals surface area contributed by atoms with Crippen LogP contribution in [0, 0.1) is 16.6 Å². The SMILES string of the molecule is COC[C@H](c1ccccc1)S(=O)C#CC(C)(C)C. The van der Waals surface area contributed by atoms with Crippen molar-refractivity contribution >= 4 is 10.8 Å². The monoisotopic (exact) mass is 264 g/mol. The molecule has 0 saturated carbocycles. The average Bonchev–Trinajstić information content (AvgIpc) is 2.33. The molecule has 98 valence electrons. The smallest absolute Gasteiger partial charge is 0.107 e. The van der Waals surface area contributed by atoms with Crippen molar-refractivity contribution in [2.24, 2.45) is 5.41 Å². The molecule has 18 heavy (non-hydrogen) atoms. The maximum absolute atomic E-state index is 12.2. The normalized spacial score (nSPS) is 14.4.